The van der Waals surface area contributed by atoms with Gasteiger partial charge in [0.1, 0.15) is 5.75 Å². The first-order valence-corrected chi connectivity index (χ1v) is 7.61. The molecule has 0 aliphatic carbocycles. The fourth-order valence-corrected chi connectivity index (χ4v) is 4.01. The summed E-state index contributed by atoms with van der Waals surface area (Å²) in [5, 5.41) is 9.83. The van der Waals surface area contributed by atoms with Crippen LogP contribution < -0.4 is 4.74 Å². The summed E-state index contributed by atoms with van der Waals surface area (Å²) >= 11 is 0. The molecule has 1 aliphatic rings. The van der Waals surface area contributed by atoms with Crippen LogP contribution in [0.2, 0.25) is 0 Å². The quantitative estimate of drug-likeness (QED) is 0.658. The van der Waals surface area contributed by atoms with E-state index in [1.807, 2.05) is 0 Å². The molecule has 0 fully saturated rings. The second-order valence-electron chi connectivity index (χ2n) is 4.68. The van der Waals surface area contributed by atoms with Gasteiger partial charge in [-0.05, 0) is 18.6 Å². The van der Waals surface area contributed by atoms with Crippen LogP contribution in [-0.4, -0.2) is 24.9 Å². The molecule has 1 N–H and O–H groups in total. The summed E-state index contributed by atoms with van der Waals surface area (Å²) < 4.78 is 29.3. The van der Waals surface area contributed by atoms with E-state index >= 15 is 0 Å². The van der Waals surface area contributed by atoms with Gasteiger partial charge >= 0.3 is 5.97 Å². The van der Waals surface area contributed by atoms with Crippen molar-refractivity contribution in [2.75, 3.05) is 0 Å². The summed E-state index contributed by atoms with van der Waals surface area (Å²) in [6.07, 6.45) is 0.201. The van der Waals surface area contributed by atoms with E-state index in [1.165, 1.54) is 6.07 Å². The maximum absolute atomic E-state index is 12.0. The van der Waals surface area contributed by atoms with E-state index in [0.29, 0.717) is 11.1 Å². The monoisotopic (exact) mass is 284 g/mol. The van der Waals surface area contributed by atoms with Crippen LogP contribution in [0.4, 0.5) is 0 Å². The first-order chi connectivity index (χ1) is 8.80. The molecule has 1 aliphatic heterocycles. The van der Waals surface area contributed by atoms with Crippen molar-refractivity contribution >= 4 is 15.8 Å². The van der Waals surface area contributed by atoms with Crippen molar-refractivity contribution in [3.05, 3.63) is 23.3 Å². The van der Waals surface area contributed by atoms with E-state index in [9.17, 15) is 18.3 Å². The zero-order chi connectivity index (χ0) is 14.4. The largest absolute Gasteiger partial charge is 0.426 e. The summed E-state index contributed by atoms with van der Waals surface area (Å²) in [7, 11) is -3.75. The number of aliphatic hydroxyl groups excluding tert-OH is 1. The van der Waals surface area contributed by atoms with Gasteiger partial charge in [0.2, 0.25) is 9.84 Å². The molecule has 104 valence electrons. The van der Waals surface area contributed by atoms with E-state index in [4.69, 9.17) is 4.74 Å². The molecule has 0 bridgehead atoms. The summed E-state index contributed by atoms with van der Waals surface area (Å²) in [5.41, 5.74) is -0.408. The van der Waals surface area contributed by atoms with Gasteiger partial charge in [0.15, 0.2) is 5.44 Å². The van der Waals surface area contributed by atoms with Gasteiger partial charge in [-0.1, -0.05) is 19.9 Å². The first-order valence-electron chi connectivity index (χ1n) is 6.06. The zero-order valence-electron chi connectivity index (χ0n) is 11.0. The molecule has 1 aromatic carbocycles. The molecular weight excluding hydrogens is 268 g/mol. The molecule has 0 saturated heterocycles. The number of sulfone groups is 1. The molecule has 5 nitrogen and oxygen atoms in total. The number of esters is 1. The van der Waals surface area contributed by atoms with Crippen molar-refractivity contribution in [2.24, 2.45) is 0 Å². The smallest absolute Gasteiger partial charge is 0.310 e. The average Bonchev–Trinajstić information content (AvgIpc) is 2.54. The molecule has 2 atom stereocenters. The van der Waals surface area contributed by atoms with Gasteiger partial charge in [-0.15, -0.1) is 0 Å². The lowest BCUT2D eigenvalue weighted by Gasteiger charge is -2.14. The third-order valence-corrected chi connectivity index (χ3v) is 5.38. The molecule has 0 saturated carbocycles. The van der Waals surface area contributed by atoms with Gasteiger partial charge in [0, 0.05) is 17.9 Å². The van der Waals surface area contributed by atoms with Gasteiger partial charge in [0.05, 0.1) is 4.90 Å². The Morgan fingerprint density at radius 1 is 1.42 bits per heavy atom. The third-order valence-electron chi connectivity index (χ3n) is 3.37. The first kappa shape index (κ1) is 14.0. The number of rotatable bonds is 2. The highest BCUT2D eigenvalue weighted by Gasteiger charge is 2.44. The third kappa shape index (κ3) is 2.04. The maximum Gasteiger partial charge on any atom is 0.310 e. The zero-order valence-corrected chi connectivity index (χ0v) is 11.8. The normalized spacial score (nSPS) is 24.0. The van der Waals surface area contributed by atoms with Crippen molar-refractivity contribution < 1.29 is 23.1 Å². The molecule has 0 aromatic heterocycles. The summed E-state index contributed by atoms with van der Waals surface area (Å²) in [5.74, 6) is -0.779. The van der Waals surface area contributed by atoms with Crippen LogP contribution in [0.1, 0.15) is 37.3 Å². The van der Waals surface area contributed by atoms with Crippen LogP contribution in [0.3, 0.4) is 0 Å². The lowest BCUT2D eigenvalue weighted by molar-refractivity contribution is -0.134. The molecule has 0 unspecified atom stereocenters. The van der Waals surface area contributed by atoms with Crippen molar-refractivity contribution in [3.63, 3.8) is 0 Å². The summed E-state index contributed by atoms with van der Waals surface area (Å²) in [6.45, 7) is 5.01. The Hall–Kier alpha value is -1.40. The van der Waals surface area contributed by atoms with Gasteiger partial charge in [-0.3, -0.25) is 4.79 Å². The Morgan fingerprint density at radius 3 is 2.63 bits per heavy atom. The van der Waals surface area contributed by atoms with Crippen LogP contribution >= 0.6 is 0 Å². The van der Waals surface area contributed by atoms with Gasteiger partial charge < -0.3 is 9.84 Å². The Morgan fingerprint density at radius 2 is 2.05 bits per heavy atom. The SMILES string of the molecule is CCC(=O)Oc1c(C)ccc2c1[C@@H](C)[C@H](O)S2(=O)=O. The van der Waals surface area contributed by atoms with E-state index in [1.54, 1.807) is 26.8 Å². The van der Waals surface area contributed by atoms with Gasteiger partial charge in [-0.2, -0.15) is 0 Å². The number of aryl methyl sites for hydroxylation is 1. The predicted molar refractivity (Wildman–Crippen MR) is 68.7 cm³/mol. The Kier molecular flexibility index (Phi) is 3.40. The number of hydrogen-bond donors (Lipinski definition) is 1. The molecule has 0 amide bonds. The van der Waals surface area contributed by atoms with Crippen LogP contribution in [0.25, 0.3) is 0 Å². The van der Waals surface area contributed by atoms with Gasteiger partial charge in [-0.25, -0.2) is 8.42 Å². The molecule has 1 aromatic rings. The topological polar surface area (TPSA) is 80.7 Å². The molecule has 6 heteroatoms. The Labute approximate surface area is 112 Å². The molecule has 2 rings (SSSR count). The highest BCUT2D eigenvalue weighted by molar-refractivity contribution is 7.92. The molecule has 19 heavy (non-hydrogen) atoms. The maximum atomic E-state index is 12.0. The molecule has 1 heterocycles. The van der Waals surface area contributed by atoms with Crippen LogP contribution in [0.15, 0.2) is 17.0 Å². The van der Waals surface area contributed by atoms with Crippen molar-refractivity contribution in [1.82, 2.24) is 0 Å². The number of fused-ring (bicyclic) bond motifs is 1. The van der Waals surface area contributed by atoms with Crippen LogP contribution in [0.5, 0.6) is 5.75 Å². The summed E-state index contributed by atoms with van der Waals surface area (Å²) in [4.78, 5) is 11.5. The lowest BCUT2D eigenvalue weighted by Crippen LogP contribution is -2.18. The minimum Gasteiger partial charge on any atom is -0.426 e. The van der Waals surface area contributed by atoms with Crippen molar-refractivity contribution in [2.45, 2.75) is 43.4 Å². The molecular formula is C13H16O5S. The summed E-state index contributed by atoms with van der Waals surface area (Å²) in [6, 6.07) is 3.04. The van der Waals surface area contributed by atoms with Gasteiger partial charge in [0.25, 0.3) is 0 Å². The lowest BCUT2D eigenvalue weighted by atomic mass is 9.98. The number of aliphatic hydroxyl groups is 1. The Balaban J connectivity index is 2.66. The standard InChI is InChI=1S/C13H16O5S/c1-4-10(14)18-12-7(2)5-6-9-11(12)8(3)13(15)19(9,16)17/h5-6,8,13,15H,4H2,1-3H3/t8-,13-/m1/s1. The number of carbonyl (C=O) groups excluding carboxylic acids is 1. The highest BCUT2D eigenvalue weighted by atomic mass is 32.2. The highest BCUT2D eigenvalue weighted by Crippen LogP contribution is 2.45. The van der Waals surface area contributed by atoms with Crippen molar-refractivity contribution in [3.8, 4) is 5.75 Å². The second-order valence-corrected chi connectivity index (χ2v) is 6.69. The molecule has 0 spiro atoms. The minimum atomic E-state index is -3.75. The number of hydrogen-bond acceptors (Lipinski definition) is 5. The second kappa shape index (κ2) is 4.61. The van der Waals surface area contributed by atoms with Crippen LogP contribution in [-0.2, 0) is 14.6 Å². The number of ether oxygens (including phenoxy) is 1. The van der Waals surface area contributed by atoms with E-state index in [2.05, 4.69) is 0 Å². The van der Waals surface area contributed by atoms with Crippen LogP contribution in [0, 0.1) is 6.92 Å². The van der Waals surface area contributed by atoms with Crippen molar-refractivity contribution in [1.29, 1.82) is 0 Å². The average molecular weight is 284 g/mol. The fourth-order valence-electron chi connectivity index (χ4n) is 2.23. The van der Waals surface area contributed by atoms with E-state index < -0.39 is 27.2 Å². The molecule has 0 radical (unpaired) electrons. The predicted octanol–water partition coefficient (Wildman–Crippen LogP) is 1.52. The minimum absolute atomic E-state index is 0.0528. The van der Waals surface area contributed by atoms with E-state index in [-0.39, 0.29) is 17.1 Å². The number of benzene rings is 1. The number of carbonyl (C=O) groups is 1. The fraction of sp³-hybridized carbons (Fsp3) is 0.462. The van der Waals surface area contributed by atoms with E-state index in [0.717, 1.165) is 0 Å². The Bertz CT molecular complexity index is 633.